The molecule has 0 aromatic heterocycles. The van der Waals surface area contributed by atoms with Gasteiger partial charge >= 0.3 is 5.97 Å². The van der Waals surface area contributed by atoms with Crippen LogP contribution in [0.2, 0.25) is 12.6 Å². The van der Waals surface area contributed by atoms with Gasteiger partial charge in [-0.15, -0.1) is 0 Å². The van der Waals surface area contributed by atoms with Gasteiger partial charge in [0, 0.05) is 6.42 Å². The zero-order valence-electron chi connectivity index (χ0n) is 11.0. The normalized spacial score (nSPS) is 11.2. The van der Waals surface area contributed by atoms with Crippen molar-refractivity contribution >= 4 is 24.4 Å². The van der Waals surface area contributed by atoms with Gasteiger partial charge in [0.15, 0.2) is 0 Å². The smallest absolute Gasteiger partial charge is 0.303 e. The van der Waals surface area contributed by atoms with Gasteiger partial charge < -0.3 is 5.11 Å². The van der Waals surface area contributed by atoms with Gasteiger partial charge in [-0.05, 0) is 6.04 Å². The minimum Gasteiger partial charge on any atom is -0.481 e. The molecule has 0 amide bonds. The van der Waals surface area contributed by atoms with Gasteiger partial charge in [-0.3, -0.25) is 4.79 Å². The van der Waals surface area contributed by atoms with Gasteiger partial charge in [0.05, 0.1) is 0 Å². The van der Waals surface area contributed by atoms with Crippen LogP contribution < -0.4 is 10.4 Å². The fourth-order valence-electron chi connectivity index (χ4n) is 2.42. The first-order valence-corrected chi connectivity index (χ1v) is 9.16. The number of carbonyl (C=O) groups is 1. The predicted octanol–water partition coefficient (Wildman–Crippen LogP) is 2.35. The van der Waals surface area contributed by atoms with Crippen molar-refractivity contribution in [3.05, 3.63) is 60.7 Å². The van der Waals surface area contributed by atoms with Gasteiger partial charge in [-0.2, -0.15) is 0 Å². The van der Waals surface area contributed by atoms with Crippen molar-refractivity contribution < 1.29 is 9.90 Å². The van der Waals surface area contributed by atoms with E-state index in [1.54, 1.807) is 0 Å². The molecule has 0 unspecified atom stereocenters. The monoisotopic (exact) mass is 270 g/mol. The lowest BCUT2D eigenvalue weighted by molar-refractivity contribution is -0.136. The molecule has 0 bridgehead atoms. The van der Waals surface area contributed by atoms with Gasteiger partial charge in [0.2, 0.25) is 0 Å². The maximum atomic E-state index is 10.9. The minimum absolute atomic E-state index is 0.229. The van der Waals surface area contributed by atoms with Crippen LogP contribution >= 0.6 is 0 Å². The summed E-state index contributed by atoms with van der Waals surface area (Å²) in [5.41, 5.74) is 0. The molecule has 2 aromatic carbocycles. The highest BCUT2D eigenvalue weighted by molar-refractivity contribution is 7.01. The Bertz CT molecular complexity index is 498. The van der Waals surface area contributed by atoms with E-state index in [0.29, 0.717) is 0 Å². The Morgan fingerprint density at radius 3 is 1.74 bits per heavy atom. The molecule has 0 aliphatic carbocycles. The first kappa shape index (κ1) is 13.6. The molecule has 2 nitrogen and oxygen atoms in total. The molecule has 2 rings (SSSR count). The third-order valence-corrected chi connectivity index (χ3v) is 8.13. The Labute approximate surface area is 114 Å². The summed E-state index contributed by atoms with van der Waals surface area (Å²) in [5.74, 6) is -0.717. The summed E-state index contributed by atoms with van der Waals surface area (Å²) >= 11 is 0. The molecular weight excluding hydrogens is 252 g/mol. The molecule has 0 aliphatic rings. The van der Waals surface area contributed by atoms with E-state index >= 15 is 0 Å². The summed E-state index contributed by atoms with van der Waals surface area (Å²) in [6.07, 6.45) is 0.229. The first-order chi connectivity index (χ1) is 9.13. The van der Waals surface area contributed by atoms with E-state index < -0.39 is 14.0 Å². The number of benzene rings is 2. The average molecular weight is 270 g/mol. The third-order valence-electron chi connectivity index (χ3n) is 3.66. The lowest BCUT2D eigenvalue weighted by atomic mass is 10.4. The van der Waals surface area contributed by atoms with E-state index in [0.717, 1.165) is 6.04 Å². The molecule has 0 fully saturated rings. The van der Waals surface area contributed by atoms with Gasteiger partial charge in [-0.1, -0.05) is 77.6 Å². The predicted molar refractivity (Wildman–Crippen MR) is 80.8 cm³/mol. The minimum atomic E-state index is -1.95. The molecule has 0 radical (unpaired) electrons. The molecule has 98 valence electrons. The number of carboxylic acids is 1. The Kier molecular flexibility index (Phi) is 4.17. The quantitative estimate of drug-likeness (QED) is 0.847. The number of hydrogen-bond donors (Lipinski definition) is 1. The number of hydrogen-bond acceptors (Lipinski definition) is 1. The van der Waals surface area contributed by atoms with Crippen LogP contribution in [0.25, 0.3) is 0 Å². The van der Waals surface area contributed by atoms with Crippen LogP contribution in [0, 0.1) is 0 Å². The molecule has 1 N–H and O–H groups in total. The van der Waals surface area contributed by atoms with Gasteiger partial charge in [-0.25, -0.2) is 0 Å². The molecule has 0 atom stereocenters. The van der Waals surface area contributed by atoms with Crippen LogP contribution in [0.15, 0.2) is 60.7 Å². The third kappa shape index (κ3) is 3.12. The molecule has 0 spiro atoms. The van der Waals surface area contributed by atoms with E-state index in [1.165, 1.54) is 10.4 Å². The topological polar surface area (TPSA) is 37.3 Å². The summed E-state index contributed by atoms with van der Waals surface area (Å²) in [5, 5.41) is 11.6. The number of aliphatic carboxylic acids is 1. The summed E-state index contributed by atoms with van der Waals surface area (Å²) in [6.45, 7) is 2.25. The molecule has 2 aromatic rings. The number of carboxylic acid groups (broad SMARTS) is 1. The molecule has 0 saturated heterocycles. The zero-order valence-corrected chi connectivity index (χ0v) is 12.0. The SMILES string of the molecule is C[Si](CCC(=O)O)(c1ccccc1)c1ccccc1. The second-order valence-electron chi connectivity index (χ2n) is 4.96. The fraction of sp³-hybridized carbons (Fsp3) is 0.188. The molecule has 0 aliphatic heterocycles. The van der Waals surface area contributed by atoms with Crippen LogP contribution in [-0.4, -0.2) is 19.1 Å². The standard InChI is InChI=1S/C16H18O2Si/c1-19(13-12-16(17)18,14-8-4-2-5-9-14)15-10-6-3-7-11-15/h2-11H,12-13H2,1H3,(H,17,18). The second-order valence-corrected chi connectivity index (χ2v) is 9.28. The lowest BCUT2D eigenvalue weighted by Crippen LogP contribution is -2.55. The van der Waals surface area contributed by atoms with Crippen molar-refractivity contribution in [3.63, 3.8) is 0 Å². The van der Waals surface area contributed by atoms with E-state index in [2.05, 4.69) is 30.8 Å². The van der Waals surface area contributed by atoms with Crippen LogP contribution in [0.4, 0.5) is 0 Å². The number of rotatable bonds is 5. The Morgan fingerprint density at radius 2 is 1.37 bits per heavy atom. The fourth-order valence-corrected chi connectivity index (χ4v) is 5.91. The summed E-state index contributed by atoms with van der Waals surface area (Å²) < 4.78 is 0. The largest absolute Gasteiger partial charge is 0.481 e. The van der Waals surface area contributed by atoms with Crippen LogP contribution in [0.5, 0.6) is 0 Å². The maximum absolute atomic E-state index is 10.9. The summed E-state index contributed by atoms with van der Waals surface area (Å²) in [6, 6.07) is 21.4. The Morgan fingerprint density at radius 1 is 0.947 bits per heavy atom. The van der Waals surface area contributed by atoms with Crippen molar-refractivity contribution in [3.8, 4) is 0 Å². The van der Waals surface area contributed by atoms with Crippen molar-refractivity contribution in [2.45, 2.75) is 19.0 Å². The molecule has 19 heavy (non-hydrogen) atoms. The summed E-state index contributed by atoms with van der Waals surface area (Å²) in [4.78, 5) is 10.9. The van der Waals surface area contributed by atoms with Crippen LogP contribution in [0.3, 0.4) is 0 Å². The maximum Gasteiger partial charge on any atom is 0.303 e. The molecule has 3 heteroatoms. The van der Waals surface area contributed by atoms with E-state index in [1.807, 2.05) is 36.4 Å². The van der Waals surface area contributed by atoms with Crippen molar-refractivity contribution in [1.82, 2.24) is 0 Å². The first-order valence-electron chi connectivity index (χ1n) is 6.46. The second kappa shape index (κ2) is 5.84. The van der Waals surface area contributed by atoms with Gasteiger partial charge in [0.1, 0.15) is 8.07 Å². The molecule has 0 saturated carbocycles. The average Bonchev–Trinajstić information content (AvgIpc) is 2.46. The Balaban J connectivity index is 2.41. The summed E-state index contributed by atoms with van der Waals surface area (Å²) in [7, 11) is -1.95. The van der Waals surface area contributed by atoms with Crippen molar-refractivity contribution in [2.75, 3.05) is 0 Å². The van der Waals surface area contributed by atoms with Gasteiger partial charge in [0.25, 0.3) is 0 Å². The highest BCUT2D eigenvalue weighted by Gasteiger charge is 2.31. The van der Waals surface area contributed by atoms with E-state index in [-0.39, 0.29) is 6.42 Å². The Hall–Kier alpha value is -1.87. The van der Waals surface area contributed by atoms with Crippen LogP contribution in [-0.2, 0) is 4.79 Å². The molecule has 0 heterocycles. The highest BCUT2D eigenvalue weighted by atomic mass is 28.3. The van der Waals surface area contributed by atoms with Crippen molar-refractivity contribution in [2.24, 2.45) is 0 Å². The van der Waals surface area contributed by atoms with E-state index in [4.69, 9.17) is 5.11 Å². The molecular formula is C16H18O2Si. The lowest BCUT2D eigenvalue weighted by Gasteiger charge is -2.28. The highest BCUT2D eigenvalue weighted by Crippen LogP contribution is 2.13. The van der Waals surface area contributed by atoms with Crippen molar-refractivity contribution in [1.29, 1.82) is 0 Å². The van der Waals surface area contributed by atoms with Crippen LogP contribution in [0.1, 0.15) is 6.42 Å². The van der Waals surface area contributed by atoms with E-state index in [9.17, 15) is 4.79 Å². The zero-order chi connectivity index (χ0) is 13.7.